The Morgan fingerprint density at radius 3 is 2.59 bits per heavy atom. The van der Waals surface area contributed by atoms with Gasteiger partial charge in [-0.25, -0.2) is 8.78 Å². The first-order valence-electron chi connectivity index (χ1n) is 4.83. The molecule has 1 aromatic heterocycles. The molecular weight excluding hydrogens is 244 g/mol. The van der Waals surface area contributed by atoms with Crippen LogP contribution in [0.5, 0.6) is 0 Å². The molecule has 0 radical (unpaired) electrons. The Kier molecular flexibility index (Phi) is 2.93. The van der Waals surface area contributed by atoms with Crippen LogP contribution in [-0.2, 0) is 0 Å². The second kappa shape index (κ2) is 4.25. The lowest BCUT2D eigenvalue weighted by molar-refractivity contribution is 0.112. The van der Waals surface area contributed by atoms with Gasteiger partial charge in [-0.05, 0) is 12.5 Å². The van der Waals surface area contributed by atoms with Crippen LogP contribution >= 0.6 is 11.3 Å². The maximum absolute atomic E-state index is 13.7. The van der Waals surface area contributed by atoms with E-state index < -0.39 is 11.6 Å². The molecule has 0 fully saturated rings. The van der Waals surface area contributed by atoms with Gasteiger partial charge in [0.05, 0.1) is 10.6 Å². The summed E-state index contributed by atoms with van der Waals surface area (Å²) in [4.78, 5) is 10.9. The molecule has 0 aliphatic rings. The van der Waals surface area contributed by atoms with Gasteiger partial charge in [-0.2, -0.15) is 0 Å². The van der Waals surface area contributed by atoms with Crippen LogP contribution in [-0.4, -0.2) is 6.29 Å². The molecule has 0 bridgehead atoms. The number of benzene rings is 1. The van der Waals surface area contributed by atoms with Crippen LogP contribution in [0, 0.1) is 18.6 Å². The van der Waals surface area contributed by atoms with Crippen molar-refractivity contribution in [2.75, 3.05) is 5.73 Å². The SMILES string of the molecule is Cc1ccc(-c2csc(N)c2C=O)c(F)c1F. The summed E-state index contributed by atoms with van der Waals surface area (Å²) >= 11 is 1.13. The van der Waals surface area contributed by atoms with Crippen molar-refractivity contribution in [1.82, 2.24) is 0 Å². The zero-order chi connectivity index (χ0) is 12.6. The fourth-order valence-electron chi connectivity index (χ4n) is 1.57. The zero-order valence-corrected chi connectivity index (χ0v) is 9.78. The van der Waals surface area contributed by atoms with Crippen molar-refractivity contribution in [3.05, 3.63) is 40.3 Å². The number of halogens is 2. The molecule has 0 unspecified atom stereocenters. The minimum atomic E-state index is -0.953. The largest absolute Gasteiger partial charge is 0.390 e. The van der Waals surface area contributed by atoms with Crippen LogP contribution in [0.15, 0.2) is 17.5 Å². The third-order valence-electron chi connectivity index (χ3n) is 2.54. The Bertz CT molecular complexity index is 592. The highest BCUT2D eigenvalue weighted by Gasteiger charge is 2.17. The van der Waals surface area contributed by atoms with Crippen LogP contribution in [0.4, 0.5) is 13.8 Å². The fraction of sp³-hybridized carbons (Fsp3) is 0.0833. The van der Waals surface area contributed by atoms with Gasteiger partial charge < -0.3 is 5.73 Å². The highest BCUT2D eigenvalue weighted by atomic mass is 32.1. The van der Waals surface area contributed by atoms with E-state index in [1.165, 1.54) is 19.1 Å². The van der Waals surface area contributed by atoms with E-state index in [4.69, 9.17) is 5.73 Å². The molecule has 0 spiro atoms. The number of nitrogens with two attached hydrogens (primary N) is 1. The van der Waals surface area contributed by atoms with E-state index in [-0.39, 0.29) is 16.7 Å². The van der Waals surface area contributed by atoms with Gasteiger partial charge in [-0.1, -0.05) is 12.1 Å². The topological polar surface area (TPSA) is 43.1 Å². The number of rotatable bonds is 2. The first-order chi connectivity index (χ1) is 8.06. The van der Waals surface area contributed by atoms with Gasteiger partial charge in [-0.3, -0.25) is 4.79 Å². The van der Waals surface area contributed by atoms with E-state index in [9.17, 15) is 13.6 Å². The van der Waals surface area contributed by atoms with Crippen molar-refractivity contribution in [1.29, 1.82) is 0 Å². The van der Waals surface area contributed by atoms with Crippen molar-refractivity contribution in [3.8, 4) is 11.1 Å². The zero-order valence-electron chi connectivity index (χ0n) is 8.96. The summed E-state index contributed by atoms with van der Waals surface area (Å²) in [6.45, 7) is 1.48. The lowest BCUT2D eigenvalue weighted by Gasteiger charge is -2.05. The summed E-state index contributed by atoms with van der Waals surface area (Å²) in [5.74, 6) is -1.85. The van der Waals surface area contributed by atoms with Gasteiger partial charge in [0, 0.05) is 16.5 Å². The van der Waals surface area contributed by atoms with E-state index in [1.54, 1.807) is 5.38 Å². The third-order valence-corrected chi connectivity index (χ3v) is 3.37. The second-order valence-corrected chi connectivity index (χ2v) is 4.51. The number of carbonyl (C=O) groups excluding carboxylic acids is 1. The van der Waals surface area contributed by atoms with Crippen LogP contribution in [0.25, 0.3) is 11.1 Å². The maximum Gasteiger partial charge on any atom is 0.166 e. The highest BCUT2D eigenvalue weighted by molar-refractivity contribution is 7.14. The predicted octanol–water partition coefficient (Wildman–Crippen LogP) is 3.40. The molecule has 1 heterocycles. The van der Waals surface area contributed by atoms with E-state index in [1.807, 2.05) is 0 Å². The molecule has 0 saturated heterocycles. The van der Waals surface area contributed by atoms with Crippen molar-refractivity contribution < 1.29 is 13.6 Å². The van der Waals surface area contributed by atoms with Gasteiger partial charge in [0.1, 0.15) is 0 Å². The normalized spacial score (nSPS) is 10.5. The lowest BCUT2D eigenvalue weighted by atomic mass is 10.0. The van der Waals surface area contributed by atoms with Gasteiger partial charge in [0.25, 0.3) is 0 Å². The molecule has 0 atom stereocenters. The Balaban J connectivity index is 2.69. The number of thiophene rings is 1. The molecule has 17 heavy (non-hydrogen) atoms. The molecule has 5 heteroatoms. The number of hydrogen-bond donors (Lipinski definition) is 1. The van der Waals surface area contributed by atoms with Crippen LogP contribution in [0.2, 0.25) is 0 Å². The number of aldehydes is 1. The van der Waals surface area contributed by atoms with Gasteiger partial charge in [0.15, 0.2) is 17.9 Å². The summed E-state index contributed by atoms with van der Waals surface area (Å²) in [5, 5.41) is 1.85. The maximum atomic E-state index is 13.7. The van der Waals surface area contributed by atoms with E-state index in [0.29, 0.717) is 16.9 Å². The van der Waals surface area contributed by atoms with E-state index in [2.05, 4.69) is 0 Å². The van der Waals surface area contributed by atoms with Gasteiger partial charge >= 0.3 is 0 Å². The second-order valence-electron chi connectivity index (χ2n) is 3.60. The number of hydrogen-bond acceptors (Lipinski definition) is 3. The molecule has 0 amide bonds. The minimum absolute atomic E-state index is 0.0585. The minimum Gasteiger partial charge on any atom is -0.390 e. The van der Waals surface area contributed by atoms with E-state index >= 15 is 0 Å². The molecular formula is C12H9F2NOS. The van der Waals surface area contributed by atoms with Crippen LogP contribution in [0.1, 0.15) is 15.9 Å². The standard InChI is InChI=1S/C12H9F2NOS/c1-6-2-3-7(11(14)10(6)13)9-5-17-12(15)8(9)4-16/h2-5H,15H2,1H3. The molecule has 1 aromatic carbocycles. The fourth-order valence-corrected chi connectivity index (χ4v) is 2.35. The monoisotopic (exact) mass is 253 g/mol. The molecule has 2 nitrogen and oxygen atoms in total. The van der Waals surface area contributed by atoms with Gasteiger partial charge in [-0.15, -0.1) is 11.3 Å². The number of carbonyl (C=O) groups is 1. The van der Waals surface area contributed by atoms with Crippen molar-refractivity contribution in [2.45, 2.75) is 6.92 Å². The smallest absolute Gasteiger partial charge is 0.166 e. The number of nitrogen functional groups attached to an aromatic ring is 1. The average Bonchev–Trinajstić information content (AvgIpc) is 2.67. The van der Waals surface area contributed by atoms with Crippen LogP contribution < -0.4 is 5.73 Å². The summed E-state index contributed by atoms with van der Waals surface area (Å²) in [5.41, 5.74) is 6.40. The predicted molar refractivity (Wildman–Crippen MR) is 64.2 cm³/mol. The highest BCUT2D eigenvalue weighted by Crippen LogP contribution is 2.34. The summed E-state index contributed by atoms with van der Waals surface area (Å²) in [6.07, 6.45) is 0.554. The summed E-state index contributed by atoms with van der Waals surface area (Å²) in [7, 11) is 0. The lowest BCUT2D eigenvalue weighted by Crippen LogP contribution is -1.95. The molecule has 2 N–H and O–H groups in total. The average molecular weight is 253 g/mol. The molecule has 88 valence electrons. The van der Waals surface area contributed by atoms with Crippen molar-refractivity contribution in [3.63, 3.8) is 0 Å². The first-order valence-corrected chi connectivity index (χ1v) is 5.71. The summed E-state index contributed by atoms with van der Waals surface area (Å²) in [6, 6.07) is 2.92. The van der Waals surface area contributed by atoms with Crippen molar-refractivity contribution in [2.24, 2.45) is 0 Å². The third kappa shape index (κ3) is 1.82. The Morgan fingerprint density at radius 1 is 1.24 bits per heavy atom. The molecule has 0 aliphatic heterocycles. The molecule has 0 aliphatic carbocycles. The van der Waals surface area contributed by atoms with Crippen molar-refractivity contribution >= 4 is 22.6 Å². The Morgan fingerprint density at radius 2 is 1.94 bits per heavy atom. The summed E-state index contributed by atoms with van der Waals surface area (Å²) < 4.78 is 27.2. The number of aryl methyl sites for hydroxylation is 1. The Labute approximate surface area is 101 Å². The Hall–Kier alpha value is -1.75. The molecule has 2 rings (SSSR count). The van der Waals surface area contributed by atoms with Crippen LogP contribution in [0.3, 0.4) is 0 Å². The molecule has 0 saturated carbocycles. The molecule has 2 aromatic rings. The first kappa shape index (κ1) is 11.7. The van der Waals surface area contributed by atoms with Gasteiger partial charge in [0.2, 0.25) is 0 Å². The quantitative estimate of drug-likeness (QED) is 0.833. The van der Waals surface area contributed by atoms with E-state index in [0.717, 1.165) is 11.3 Å². The number of anilines is 1.